The van der Waals surface area contributed by atoms with Crippen LogP contribution in [0.3, 0.4) is 0 Å². The topological polar surface area (TPSA) is 12.0 Å². The maximum atomic E-state index is 3.52. The van der Waals surface area contributed by atoms with E-state index in [2.05, 4.69) is 52.6 Å². The highest BCUT2D eigenvalue weighted by atomic mass is 79.9. The fraction of sp³-hybridized carbons (Fsp3) is 0.538. The number of hydrogen-bond acceptors (Lipinski definition) is 1. The molecule has 2 atom stereocenters. The summed E-state index contributed by atoms with van der Waals surface area (Å²) >= 11 is 3.52. The molecule has 0 saturated heterocycles. The van der Waals surface area contributed by atoms with Gasteiger partial charge in [0.15, 0.2) is 0 Å². The monoisotopic (exact) mass is 267 g/mol. The SMILES string of the molecule is CNC1CCC(Cc2cccc(Br)c2)C1. The molecule has 0 amide bonds. The molecule has 0 radical (unpaired) electrons. The average Bonchev–Trinajstić information content (AvgIpc) is 2.65. The van der Waals surface area contributed by atoms with Gasteiger partial charge >= 0.3 is 0 Å². The van der Waals surface area contributed by atoms with E-state index in [1.54, 1.807) is 0 Å². The van der Waals surface area contributed by atoms with E-state index in [1.807, 2.05) is 0 Å². The highest BCUT2D eigenvalue weighted by Crippen LogP contribution is 2.29. The first-order chi connectivity index (χ1) is 7.28. The first-order valence-corrected chi connectivity index (χ1v) is 6.49. The Bertz CT molecular complexity index is 324. The Morgan fingerprint density at radius 1 is 1.40 bits per heavy atom. The van der Waals surface area contributed by atoms with Crippen LogP contribution in [0.15, 0.2) is 28.7 Å². The largest absolute Gasteiger partial charge is 0.317 e. The van der Waals surface area contributed by atoms with Crippen LogP contribution in [0, 0.1) is 5.92 Å². The van der Waals surface area contributed by atoms with Crippen molar-refractivity contribution < 1.29 is 0 Å². The van der Waals surface area contributed by atoms with Gasteiger partial charge in [-0.05, 0) is 56.3 Å². The van der Waals surface area contributed by atoms with Crippen LogP contribution in [0.4, 0.5) is 0 Å². The number of benzene rings is 1. The number of hydrogen-bond donors (Lipinski definition) is 1. The highest BCUT2D eigenvalue weighted by molar-refractivity contribution is 9.10. The number of nitrogens with one attached hydrogen (secondary N) is 1. The average molecular weight is 268 g/mol. The van der Waals surface area contributed by atoms with E-state index in [9.17, 15) is 0 Å². The van der Waals surface area contributed by atoms with Crippen LogP contribution in [-0.4, -0.2) is 13.1 Å². The molecule has 1 fully saturated rings. The number of rotatable bonds is 3. The summed E-state index contributed by atoms with van der Waals surface area (Å²) in [5.41, 5.74) is 1.46. The lowest BCUT2D eigenvalue weighted by atomic mass is 9.98. The Balaban J connectivity index is 1.92. The Kier molecular flexibility index (Phi) is 3.81. The van der Waals surface area contributed by atoms with E-state index in [0.29, 0.717) is 0 Å². The van der Waals surface area contributed by atoms with Crippen LogP contribution in [0.1, 0.15) is 24.8 Å². The third-order valence-electron chi connectivity index (χ3n) is 3.36. The molecule has 2 unspecified atom stereocenters. The quantitative estimate of drug-likeness (QED) is 0.886. The Morgan fingerprint density at radius 3 is 2.93 bits per heavy atom. The van der Waals surface area contributed by atoms with E-state index >= 15 is 0 Å². The minimum atomic E-state index is 0.752. The normalized spacial score (nSPS) is 25.7. The molecular formula is C13H18BrN. The molecular weight excluding hydrogens is 250 g/mol. The van der Waals surface area contributed by atoms with Crippen LogP contribution in [0.2, 0.25) is 0 Å². The van der Waals surface area contributed by atoms with Crippen molar-refractivity contribution >= 4 is 15.9 Å². The van der Waals surface area contributed by atoms with Crippen LogP contribution in [0.5, 0.6) is 0 Å². The predicted molar refractivity (Wildman–Crippen MR) is 68.0 cm³/mol. The van der Waals surface area contributed by atoms with Gasteiger partial charge in [0.05, 0.1) is 0 Å². The zero-order chi connectivity index (χ0) is 10.7. The zero-order valence-electron chi connectivity index (χ0n) is 9.17. The van der Waals surface area contributed by atoms with Gasteiger partial charge < -0.3 is 5.32 Å². The third-order valence-corrected chi connectivity index (χ3v) is 3.86. The molecule has 1 N–H and O–H groups in total. The molecule has 1 saturated carbocycles. The maximum absolute atomic E-state index is 3.52. The molecule has 1 aromatic carbocycles. The summed E-state index contributed by atoms with van der Waals surface area (Å²) < 4.78 is 1.20. The van der Waals surface area contributed by atoms with Crippen molar-refractivity contribution in [3.05, 3.63) is 34.3 Å². The first kappa shape index (κ1) is 11.2. The molecule has 0 aromatic heterocycles. The summed E-state index contributed by atoms with van der Waals surface area (Å²) in [6.07, 6.45) is 5.29. The van der Waals surface area contributed by atoms with Crippen molar-refractivity contribution in [1.29, 1.82) is 0 Å². The molecule has 15 heavy (non-hydrogen) atoms. The van der Waals surface area contributed by atoms with E-state index in [4.69, 9.17) is 0 Å². The van der Waals surface area contributed by atoms with Crippen molar-refractivity contribution in [2.45, 2.75) is 31.7 Å². The molecule has 0 spiro atoms. The van der Waals surface area contributed by atoms with Crippen molar-refractivity contribution in [3.8, 4) is 0 Å². The van der Waals surface area contributed by atoms with Gasteiger partial charge in [0, 0.05) is 10.5 Å². The summed E-state index contributed by atoms with van der Waals surface area (Å²) in [4.78, 5) is 0. The van der Waals surface area contributed by atoms with Crippen molar-refractivity contribution in [2.24, 2.45) is 5.92 Å². The lowest BCUT2D eigenvalue weighted by Crippen LogP contribution is -2.21. The van der Waals surface area contributed by atoms with Crippen LogP contribution >= 0.6 is 15.9 Å². The Labute approximate surface area is 100 Å². The second kappa shape index (κ2) is 5.13. The molecule has 1 aliphatic carbocycles. The van der Waals surface area contributed by atoms with E-state index < -0.39 is 0 Å². The third kappa shape index (κ3) is 3.05. The van der Waals surface area contributed by atoms with Crippen molar-refractivity contribution in [1.82, 2.24) is 5.32 Å². The van der Waals surface area contributed by atoms with Gasteiger partial charge in [-0.3, -0.25) is 0 Å². The zero-order valence-corrected chi connectivity index (χ0v) is 10.8. The Morgan fingerprint density at radius 2 is 2.27 bits per heavy atom. The molecule has 1 aromatic rings. The van der Waals surface area contributed by atoms with Gasteiger partial charge in [-0.25, -0.2) is 0 Å². The minimum Gasteiger partial charge on any atom is -0.317 e. The summed E-state index contributed by atoms with van der Waals surface area (Å²) in [6, 6.07) is 9.45. The van der Waals surface area contributed by atoms with Gasteiger partial charge in [-0.2, -0.15) is 0 Å². The van der Waals surface area contributed by atoms with E-state index in [-0.39, 0.29) is 0 Å². The molecule has 0 heterocycles. The van der Waals surface area contributed by atoms with Crippen molar-refractivity contribution in [3.63, 3.8) is 0 Å². The second-order valence-corrected chi connectivity index (χ2v) is 5.41. The fourth-order valence-electron chi connectivity index (χ4n) is 2.52. The predicted octanol–water partition coefficient (Wildman–Crippen LogP) is 3.38. The maximum Gasteiger partial charge on any atom is 0.0177 e. The molecule has 2 rings (SSSR count). The van der Waals surface area contributed by atoms with Crippen molar-refractivity contribution in [2.75, 3.05) is 7.05 Å². The molecule has 82 valence electrons. The molecule has 0 aliphatic heterocycles. The van der Waals surface area contributed by atoms with Crippen LogP contribution < -0.4 is 5.32 Å². The summed E-state index contributed by atoms with van der Waals surface area (Å²) in [5.74, 6) is 0.872. The standard InChI is InChI=1S/C13H18BrN/c1-15-13-6-5-11(9-13)7-10-3-2-4-12(14)8-10/h2-4,8,11,13,15H,5-7,9H2,1H3. The lowest BCUT2D eigenvalue weighted by molar-refractivity contribution is 0.510. The summed E-state index contributed by atoms with van der Waals surface area (Å²) in [6.45, 7) is 0. The lowest BCUT2D eigenvalue weighted by Gasteiger charge is -2.10. The number of halogens is 1. The summed E-state index contributed by atoms with van der Waals surface area (Å²) in [7, 11) is 2.08. The highest BCUT2D eigenvalue weighted by Gasteiger charge is 2.23. The van der Waals surface area contributed by atoms with Crippen LogP contribution in [0.25, 0.3) is 0 Å². The van der Waals surface area contributed by atoms with Gasteiger partial charge in [0.2, 0.25) is 0 Å². The summed E-state index contributed by atoms with van der Waals surface area (Å²) in [5, 5.41) is 3.38. The molecule has 1 aliphatic rings. The van der Waals surface area contributed by atoms with Gasteiger partial charge in [0.25, 0.3) is 0 Å². The molecule has 0 bridgehead atoms. The fourth-order valence-corrected chi connectivity index (χ4v) is 2.97. The molecule has 1 nitrogen and oxygen atoms in total. The van der Waals surface area contributed by atoms with E-state index in [0.717, 1.165) is 12.0 Å². The smallest absolute Gasteiger partial charge is 0.0177 e. The van der Waals surface area contributed by atoms with Gasteiger partial charge in [-0.1, -0.05) is 28.1 Å². The Hall–Kier alpha value is -0.340. The molecule has 2 heteroatoms. The minimum absolute atomic E-state index is 0.752. The van der Waals surface area contributed by atoms with E-state index in [1.165, 1.54) is 35.7 Å². The van der Waals surface area contributed by atoms with Gasteiger partial charge in [0.1, 0.15) is 0 Å². The first-order valence-electron chi connectivity index (χ1n) is 5.69. The van der Waals surface area contributed by atoms with Gasteiger partial charge in [-0.15, -0.1) is 0 Å². The van der Waals surface area contributed by atoms with Crippen LogP contribution in [-0.2, 0) is 6.42 Å². The second-order valence-electron chi connectivity index (χ2n) is 4.50.